The van der Waals surface area contributed by atoms with Crippen LogP contribution in [-0.2, 0) is 11.0 Å². The molecule has 0 bridgehead atoms. The Morgan fingerprint density at radius 1 is 1.32 bits per heavy atom. The summed E-state index contributed by atoms with van der Waals surface area (Å²) in [4.78, 5) is 11.9. The number of phenolic OH excluding ortho intramolecular Hbond substituents is 1. The Morgan fingerprint density at radius 2 is 2.09 bits per heavy atom. The first-order valence-corrected chi connectivity index (χ1v) is 6.67. The van der Waals surface area contributed by atoms with E-state index in [0.717, 1.165) is 19.1 Å². The molecule has 5 nitrogen and oxygen atoms in total. The van der Waals surface area contributed by atoms with Crippen LogP contribution in [0.2, 0.25) is 0 Å². The van der Waals surface area contributed by atoms with E-state index in [0.29, 0.717) is 12.5 Å². The van der Waals surface area contributed by atoms with Gasteiger partial charge in [0.15, 0.2) is 0 Å². The Labute approximate surface area is 123 Å². The second-order valence-electron chi connectivity index (χ2n) is 5.08. The van der Waals surface area contributed by atoms with Crippen LogP contribution in [0.5, 0.6) is 5.75 Å². The first-order chi connectivity index (χ1) is 10.4. The Balaban J connectivity index is 2.00. The van der Waals surface area contributed by atoms with Gasteiger partial charge in [-0.25, -0.2) is 9.97 Å². The number of hydrogen-bond acceptors (Lipinski definition) is 5. The molecule has 116 valence electrons. The standard InChI is InChI=1S/C14H12F3N3O2/c15-14(16,17)13-19-9-2-1-3-11(21)12(9)10(20-13)6-18-22-7-8-4-5-8/h1-3,6,8,21H,4-5,7H2. The fraction of sp³-hybridized carbons (Fsp3) is 0.357. The van der Waals surface area contributed by atoms with Crippen molar-refractivity contribution in [1.82, 2.24) is 9.97 Å². The lowest BCUT2D eigenvalue weighted by atomic mass is 10.1. The molecule has 1 saturated carbocycles. The van der Waals surface area contributed by atoms with Crippen LogP contribution in [0.3, 0.4) is 0 Å². The van der Waals surface area contributed by atoms with Crippen molar-refractivity contribution in [3.63, 3.8) is 0 Å². The van der Waals surface area contributed by atoms with Crippen molar-refractivity contribution in [1.29, 1.82) is 0 Å². The lowest BCUT2D eigenvalue weighted by Gasteiger charge is -2.09. The molecule has 3 rings (SSSR count). The van der Waals surface area contributed by atoms with Gasteiger partial charge in [-0.3, -0.25) is 0 Å². The van der Waals surface area contributed by atoms with Crippen LogP contribution in [0.15, 0.2) is 23.4 Å². The fourth-order valence-electron chi connectivity index (χ4n) is 1.93. The maximum absolute atomic E-state index is 12.8. The molecule has 8 heteroatoms. The summed E-state index contributed by atoms with van der Waals surface area (Å²) in [6, 6.07) is 4.13. The fourth-order valence-corrected chi connectivity index (χ4v) is 1.93. The van der Waals surface area contributed by atoms with Crippen LogP contribution in [-0.4, -0.2) is 27.9 Å². The van der Waals surface area contributed by atoms with Gasteiger partial charge in [0, 0.05) is 0 Å². The second-order valence-corrected chi connectivity index (χ2v) is 5.08. The van der Waals surface area contributed by atoms with Crippen LogP contribution in [0, 0.1) is 5.92 Å². The van der Waals surface area contributed by atoms with E-state index in [4.69, 9.17) is 4.84 Å². The van der Waals surface area contributed by atoms with Gasteiger partial charge in [-0.05, 0) is 30.9 Å². The monoisotopic (exact) mass is 311 g/mol. The van der Waals surface area contributed by atoms with E-state index in [1.165, 1.54) is 18.2 Å². The van der Waals surface area contributed by atoms with E-state index in [-0.39, 0.29) is 22.3 Å². The number of benzene rings is 1. The minimum absolute atomic E-state index is 0.00836. The Hall–Kier alpha value is -2.38. The first-order valence-electron chi connectivity index (χ1n) is 6.67. The summed E-state index contributed by atoms with van der Waals surface area (Å²) in [5.74, 6) is -1.03. The van der Waals surface area contributed by atoms with Crippen molar-refractivity contribution >= 4 is 17.1 Å². The molecule has 0 saturated heterocycles. The highest BCUT2D eigenvalue weighted by Gasteiger charge is 2.35. The highest BCUT2D eigenvalue weighted by Crippen LogP contribution is 2.31. The van der Waals surface area contributed by atoms with Crippen molar-refractivity contribution < 1.29 is 23.1 Å². The van der Waals surface area contributed by atoms with Crippen LogP contribution in [0.4, 0.5) is 13.2 Å². The van der Waals surface area contributed by atoms with E-state index in [1.807, 2.05) is 0 Å². The zero-order valence-electron chi connectivity index (χ0n) is 11.3. The number of nitrogens with zero attached hydrogens (tertiary/aromatic N) is 3. The number of fused-ring (bicyclic) bond motifs is 1. The molecular weight excluding hydrogens is 299 g/mol. The molecule has 1 aromatic carbocycles. The van der Waals surface area contributed by atoms with E-state index >= 15 is 0 Å². The molecule has 0 radical (unpaired) electrons. The summed E-state index contributed by atoms with van der Waals surface area (Å²) in [7, 11) is 0. The van der Waals surface area contributed by atoms with Gasteiger partial charge in [-0.15, -0.1) is 0 Å². The highest BCUT2D eigenvalue weighted by molar-refractivity contribution is 5.99. The third-order valence-electron chi connectivity index (χ3n) is 3.24. The minimum Gasteiger partial charge on any atom is -0.507 e. The number of aromatic nitrogens is 2. The molecule has 1 heterocycles. The Kier molecular flexibility index (Phi) is 3.59. The summed E-state index contributed by atoms with van der Waals surface area (Å²) in [6.07, 6.45) is -1.46. The lowest BCUT2D eigenvalue weighted by Crippen LogP contribution is -2.13. The van der Waals surface area contributed by atoms with Crippen molar-refractivity contribution in [2.45, 2.75) is 19.0 Å². The molecule has 0 unspecified atom stereocenters. The summed E-state index contributed by atoms with van der Waals surface area (Å²) in [5.41, 5.74) is -0.141. The lowest BCUT2D eigenvalue weighted by molar-refractivity contribution is -0.144. The molecule has 1 aliphatic rings. The van der Waals surface area contributed by atoms with E-state index in [1.54, 1.807) is 0 Å². The summed E-state index contributed by atoms with van der Waals surface area (Å²) >= 11 is 0. The normalized spacial score (nSPS) is 15.6. The van der Waals surface area contributed by atoms with Crippen LogP contribution in [0.25, 0.3) is 10.9 Å². The molecule has 0 spiro atoms. The number of phenols is 1. The van der Waals surface area contributed by atoms with Crippen LogP contribution < -0.4 is 0 Å². The summed E-state index contributed by atoms with van der Waals surface area (Å²) in [5, 5.41) is 13.6. The molecule has 1 fully saturated rings. The molecule has 22 heavy (non-hydrogen) atoms. The zero-order valence-corrected chi connectivity index (χ0v) is 11.3. The summed E-state index contributed by atoms with van der Waals surface area (Å²) in [6.45, 7) is 0.428. The van der Waals surface area contributed by atoms with E-state index < -0.39 is 12.0 Å². The van der Waals surface area contributed by atoms with Gasteiger partial charge in [0.1, 0.15) is 18.1 Å². The third-order valence-corrected chi connectivity index (χ3v) is 3.24. The molecule has 1 N–H and O–H groups in total. The second kappa shape index (κ2) is 5.43. The SMILES string of the molecule is Oc1cccc2nc(C(F)(F)F)nc(C=NOCC3CC3)c12. The minimum atomic E-state index is -4.68. The van der Waals surface area contributed by atoms with Crippen LogP contribution in [0.1, 0.15) is 24.4 Å². The van der Waals surface area contributed by atoms with Gasteiger partial charge in [0.05, 0.1) is 17.1 Å². The van der Waals surface area contributed by atoms with Gasteiger partial charge >= 0.3 is 6.18 Å². The number of alkyl halides is 3. The number of oxime groups is 1. The van der Waals surface area contributed by atoms with Gasteiger partial charge in [0.25, 0.3) is 0 Å². The summed E-state index contributed by atoms with van der Waals surface area (Å²) < 4.78 is 38.5. The largest absolute Gasteiger partial charge is 0.507 e. The number of halogens is 3. The number of aromatic hydroxyl groups is 1. The Morgan fingerprint density at radius 3 is 2.77 bits per heavy atom. The third kappa shape index (κ3) is 3.10. The van der Waals surface area contributed by atoms with E-state index in [9.17, 15) is 18.3 Å². The predicted molar refractivity (Wildman–Crippen MR) is 72.5 cm³/mol. The maximum Gasteiger partial charge on any atom is 0.451 e. The van der Waals surface area contributed by atoms with E-state index in [2.05, 4.69) is 15.1 Å². The predicted octanol–water partition coefficient (Wildman–Crippen LogP) is 3.11. The van der Waals surface area contributed by atoms with Gasteiger partial charge in [-0.1, -0.05) is 11.2 Å². The van der Waals surface area contributed by atoms with Crippen molar-refractivity contribution in [3.05, 3.63) is 29.7 Å². The van der Waals surface area contributed by atoms with Crippen molar-refractivity contribution in [3.8, 4) is 5.75 Å². The molecule has 1 aliphatic carbocycles. The average Bonchev–Trinajstić information content (AvgIpc) is 3.26. The molecule has 0 aliphatic heterocycles. The molecule has 0 atom stereocenters. The smallest absolute Gasteiger partial charge is 0.451 e. The van der Waals surface area contributed by atoms with Crippen LogP contribution >= 0.6 is 0 Å². The topological polar surface area (TPSA) is 67.6 Å². The quantitative estimate of drug-likeness (QED) is 0.696. The van der Waals surface area contributed by atoms with Gasteiger partial charge in [-0.2, -0.15) is 13.2 Å². The molecule has 1 aromatic heterocycles. The van der Waals surface area contributed by atoms with Gasteiger partial charge < -0.3 is 9.94 Å². The Bertz CT molecular complexity index is 727. The van der Waals surface area contributed by atoms with Crippen molar-refractivity contribution in [2.24, 2.45) is 11.1 Å². The number of rotatable bonds is 4. The zero-order chi connectivity index (χ0) is 15.7. The highest BCUT2D eigenvalue weighted by atomic mass is 19.4. The average molecular weight is 311 g/mol. The first kappa shape index (κ1) is 14.6. The molecular formula is C14H12F3N3O2. The maximum atomic E-state index is 12.8. The molecule has 0 amide bonds. The molecule has 2 aromatic rings. The van der Waals surface area contributed by atoms with Gasteiger partial charge in [0.2, 0.25) is 5.82 Å². The van der Waals surface area contributed by atoms with Crippen molar-refractivity contribution in [2.75, 3.05) is 6.61 Å². The number of hydrogen-bond donors (Lipinski definition) is 1.